The topological polar surface area (TPSA) is 213 Å². The molecule has 0 aromatic heterocycles. The summed E-state index contributed by atoms with van der Waals surface area (Å²) in [7, 11) is -15.2. The second kappa shape index (κ2) is 19.3. The van der Waals surface area contributed by atoms with Crippen molar-refractivity contribution in [2.45, 2.75) is 95.0 Å². The molecule has 0 bridgehead atoms. The third-order valence-corrected chi connectivity index (χ3v) is 17.2. The number of carbonyl (C=O) groups is 1. The van der Waals surface area contributed by atoms with Crippen LogP contribution in [-0.4, -0.2) is 77.6 Å². The first-order valence-corrected chi connectivity index (χ1v) is 26.3. The number of nitrogens with zero attached hydrogens (tertiary/aromatic N) is 2. The molecule has 0 atom stereocenters. The molecule has 64 heavy (non-hydrogen) atoms. The number of rotatable bonds is 20. The summed E-state index contributed by atoms with van der Waals surface area (Å²) in [4.78, 5) is 52.6. The van der Waals surface area contributed by atoms with Crippen LogP contribution in [0.25, 0.3) is 21.5 Å². The molecular formula is C48H59N2O11P2S+. The van der Waals surface area contributed by atoms with E-state index in [1.807, 2.05) is 54.6 Å². The zero-order valence-corrected chi connectivity index (χ0v) is 39.3. The Labute approximate surface area is 375 Å². The lowest BCUT2D eigenvalue weighted by Gasteiger charge is -2.29. The van der Waals surface area contributed by atoms with E-state index in [9.17, 15) is 51.6 Å². The molecule has 0 amide bonds. The molecule has 0 saturated carbocycles. The first-order chi connectivity index (χ1) is 30.0. The monoisotopic (exact) mass is 933 g/mol. The maximum Gasteiger partial charge on any atom is 0.369 e. The minimum absolute atomic E-state index is 0.161. The predicted octanol–water partition coefficient (Wildman–Crippen LogP) is 9.30. The van der Waals surface area contributed by atoms with Crippen LogP contribution in [0.3, 0.4) is 0 Å². The van der Waals surface area contributed by atoms with Crippen LogP contribution in [-0.2, 0) is 34.9 Å². The van der Waals surface area contributed by atoms with Gasteiger partial charge in [-0.15, -0.1) is 0 Å². The fourth-order valence-corrected chi connectivity index (χ4v) is 12.1. The lowest BCUT2D eigenvalue weighted by Crippen LogP contribution is -2.28. The number of fused-ring (bicyclic) bond motifs is 6. The Bertz CT molecular complexity index is 2770. The highest BCUT2D eigenvalue weighted by atomic mass is 32.2. The molecule has 4 aromatic rings. The van der Waals surface area contributed by atoms with Crippen molar-refractivity contribution < 1.29 is 56.2 Å². The molecule has 0 saturated heterocycles. The standard InChI is InChI=1S/C48H58N2O11P2S/c1-46(2)42(25-8-6-5-7-9-26-43-47(3,4)45-39-24-13-11-20-36(39)28-30-41(45)50(43)33-16-17-34-64(59,60)61)49(40-29-27-35-19-10-12-23-38(35)44(40)46)32-15-14-21-37(51)22-18-31-48(52,62(53,54)55)63(56,57)58/h5-13,19-20,23-30,52H,14-18,21-22,31-34H2,1-4H3,(H4-,53,54,55,56,57,58,59,60,61)/p+1. The number of Topliss-reactive ketones (excluding diaryl/α,β-unsaturated/α-hetero) is 1. The second-order valence-corrected chi connectivity index (χ2v) is 23.3. The van der Waals surface area contributed by atoms with Gasteiger partial charge in [-0.3, -0.25) is 18.5 Å². The molecule has 13 nitrogen and oxygen atoms in total. The van der Waals surface area contributed by atoms with Crippen molar-refractivity contribution in [2.75, 3.05) is 23.7 Å². The molecule has 0 fully saturated rings. The van der Waals surface area contributed by atoms with E-state index >= 15 is 0 Å². The van der Waals surface area contributed by atoms with E-state index in [1.165, 1.54) is 16.5 Å². The summed E-state index contributed by atoms with van der Waals surface area (Å²) >= 11 is 0. The number of hydrogen-bond donors (Lipinski definition) is 6. The van der Waals surface area contributed by atoms with E-state index in [2.05, 4.69) is 97.9 Å². The number of allylic oxidation sites excluding steroid dienone is 8. The molecule has 0 spiro atoms. The largest absolute Gasteiger partial charge is 0.369 e. The van der Waals surface area contributed by atoms with E-state index < -0.39 is 36.8 Å². The maximum absolute atomic E-state index is 12.7. The molecule has 4 aromatic carbocycles. The zero-order chi connectivity index (χ0) is 46.7. The van der Waals surface area contributed by atoms with Crippen molar-refractivity contribution in [2.24, 2.45) is 0 Å². The Morgan fingerprint density at radius 3 is 1.94 bits per heavy atom. The summed E-state index contributed by atoms with van der Waals surface area (Å²) in [6.45, 7) is 10.0. The quantitative estimate of drug-likeness (QED) is 0.0161. The molecule has 16 heteroatoms. The third-order valence-electron chi connectivity index (χ3n) is 12.5. The molecule has 0 radical (unpaired) electrons. The van der Waals surface area contributed by atoms with Crippen molar-refractivity contribution in [3.05, 3.63) is 132 Å². The first kappa shape index (κ1) is 49.1. The second-order valence-electron chi connectivity index (χ2n) is 17.7. The Morgan fingerprint density at radius 2 is 1.30 bits per heavy atom. The summed E-state index contributed by atoms with van der Waals surface area (Å²) in [5.41, 5.74) is 6.04. The van der Waals surface area contributed by atoms with Gasteiger partial charge in [0.15, 0.2) is 5.71 Å². The lowest BCUT2D eigenvalue weighted by atomic mass is 9.79. The van der Waals surface area contributed by atoms with E-state index in [1.54, 1.807) is 0 Å². The number of hydrogen-bond acceptors (Lipinski definition) is 7. The van der Waals surface area contributed by atoms with Gasteiger partial charge in [0.1, 0.15) is 12.3 Å². The number of carbonyl (C=O) groups excluding carboxylic acids is 1. The van der Waals surface area contributed by atoms with Crippen LogP contribution in [0.2, 0.25) is 0 Å². The van der Waals surface area contributed by atoms with Crippen LogP contribution in [0.4, 0.5) is 11.4 Å². The van der Waals surface area contributed by atoms with Gasteiger partial charge in [0.2, 0.25) is 5.69 Å². The van der Waals surface area contributed by atoms with Gasteiger partial charge in [-0.1, -0.05) is 98.8 Å². The number of unbranched alkanes of at least 4 members (excludes halogenated alkanes) is 2. The van der Waals surface area contributed by atoms with Gasteiger partial charge in [0.25, 0.3) is 15.2 Å². The molecule has 0 aliphatic carbocycles. The third kappa shape index (κ3) is 10.4. The van der Waals surface area contributed by atoms with Gasteiger partial charge in [-0.05, 0) is 84.8 Å². The van der Waals surface area contributed by atoms with Gasteiger partial charge in [0.05, 0.1) is 11.2 Å². The van der Waals surface area contributed by atoms with Gasteiger partial charge in [0, 0.05) is 66.7 Å². The summed E-state index contributed by atoms with van der Waals surface area (Å²) in [5, 5.41) is 11.2. The lowest BCUT2D eigenvalue weighted by molar-refractivity contribution is -0.438. The normalized spacial score (nSPS) is 17.3. The van der Waals surface area contributed by atoms with Crippen LogP contribution in [0.15, 0.2) is 121 Å². The van der Waals surface area contributed by atoms with E-state index in [4.69, 9.17) is 0 Å². The van der Waals surface area contributed by atoms with Gasteiger partial charge in [-0.2, -0.15) is 13.0 Å². The van der Waals surface area contributed by atoms with E-state index in [0.717, 1.165) is 38.9 Å². The molecular weight excluding hydrogens is 875 g/mol. The molecule has 6 rings (SSSR count). The molecule has 2 aliphatic heterocycles. The van der Waals surface area contributed by atoms with Crippen molar-refractivity contribution in [1.82, 2.24) is 0 Å². The van der Waals surface area contributed by atoms with Gasteiger partial charge in [-0.25, -0.2) is 0 Å². The Balaban J connectivity index is 1.17. The Morgan fingerprint density at radius 1 is 0.719 bits per heavy atom. The summed E-state index contributed by atoms with van der Waals surface area (Å²) in [6, 6.07) is 25.1. The zero-order valence-electron chi connectivity index (χ0n) is 36.7. The highest BCUT2D eigenvalue weighted by Gasteiger charge is 2.58. The number of benzene rings is 4. The van der Waals surface area contributed by atoms with Gasteiger partial charge >= 0.3 is 15.2 Å². The van der Waals surface area contributed by atoms with E-state index in [-0.39, 0.29) is 41.6 Å². The van der Waals surface area contributed by atoms with Crippen molar-refractivity contribution >= 4 is 69.7 Å². The molecule has 342 valence electrons. The van der Waals surface area contributed by atoms with Crippen molar-refractivity contribution in [3.8, 4) is 0 Å². The predicted molar refractivity (Wildman–Crippen MR) is 254 cm³/mol. The van der Waals surface area contributed by atoms with E-state index in [0.29, 0.717) is 38.8 Å². The number of ketones is 1. The highest BCUT2D eigenvalue weighted by Crippen LogP contribution is 2.69. The summed E-state index contributed by atoms with van der Waals surface area (Å²) < 4.78 is 57.8. The van der Waals surface area contributed by atoms with Crippen LogP contribution >= 0.6 is 15.2 Å². The molecule has 6 N–H and O–H groups in total. The first-order valence-electron chi connectivity index (χ1n) is 21.5. The Kier molecular flexibility index (Phi) is 14.8. The van der Waals surface area contributed by atoms with Crippen LogP contribution in [0, 0.1) is 0 Å². The average Bonchev–Trinajstić information content (AvgIpc) is 3.57. The average molecular weight is 934 g/mol. The molecule has 2 heterocycles. The molecule has 2 aliphatic rings. The number of anilines is 1. The molecule has 0 unspecified atom stereocenters. The Hall–Kier alpha value is -4.33. The van der Waals surface area contributed by atoms with Gasteiger partial charge < -0.3 is 29.6 Å². The SMILES string of the molecule is CC1(C)C(/C=C/C=C/C=C/C=C2/N(CCCCC(=O)CCCC(O)(P(=O)(O)O)P(=O)(O)O)c3ccc4ccccc4c3C2(C)C)=[N+](CCCCS(=O)(=O)O)c2ccc3ccccc3c21. The maximum atomic E-state index is 12.7. The summed E-state index contributed by atoms with van der Waals surface area (Å²) in [5.74, 6) is -0.513. The fourth-order valence-electron chi connectivity index (χ4n) is 9.29. The van der Waals surface area contributed by atoms with Crippen LogP contribution < -0.4 is 4.90 Å². The number of aliphatic hydroxyl groups is 1. The fraction of sp³-hybridized carbons (Fsp3) is 0.375. The smallest absolute Gasteiger partial charge is 0.368 e. The van der Waals surface area contributed by atoms with Crippen molar-refractivity contribution in [1.29, 1.82) is 0 Å². The highest BCUT2D eigenvalue weighted by molar-refractivity contribution is 7.85. The van der Waals surface area contributed by atoms with Crippen molar-refractivity contribution in [3.63, 3.8) is 0 Å². The minimum atomic E-state index is -5.58. The van der Waals surface area contributed by atoms with Crippen LogP contribution in [0.5, 0.6) is 0 Å². The minimum Gasteiger partial charge on any atom is -0.368 e. The van der Waals surface area contributed by atoms with Crippen LogP contribution in [0.1, 0.15) is 90.2 Å². The summed E-state index contributed by atoms with van der Waals surface area (Å²) in [6.07, 6.45) is 15.0.